The van der Waals surface area contributed by atoms with E-state index in [0.717, 1.165) is 37.8 Å². The van der Waals surface area contributed by atoms with Crippen LogP contribution in [-0.2, 0) is 38.1 Å². The van der Waals surface area contributed by atoms with E-state index < -0.39 is 23.3 Å². The van der Waals surface area contributed by atoms with E-state index in [4.69, 9.17) is 23.8 Å². The van der Waals surface area contributed by atoms with Crippen LogP contribution in [0.2, 0.25) is 0 Å². The average Bonchev–Trinajstić information content (AvgIpc) is 3.26. The van der Waals surface area contributed by atoms with Crippen LogP contribution in [0.1, 0.15) is 85.0 Å². The van der Waals surface area contributed by atoms with Gasteiger partial charge >= 0.3 is 11.9 Å². The van der Waals surface area contributed by atoms with Crippen LogP contribution in [0.15, 0.2) is 12.1 Å². The van der Waals surface area contributed by atoms with E-state index in [-0.39, 0.29) is 30.6 Å². The van der Waals surface area contributed by atoms with Gasteiger partial charge in [0.05, 0.1) is 32.8 Å². The zero-order valence-electron chi connectivity index (χ0n) is 26.4. The molecule has 1 aromatic heterocycles. The van der Waals surface area contributed by atoms with Crippen molar-refractivity contribution in [3.05, 3.63) is 12.1 Å². The quantitative estimate of drug-likeness (QED) is 0.0920. The number of amides is 2. The molecule has 0 aliphatic carbocycles. The molecule has 0 fully saturated rings. The Bertz CT molecular complexity index is 956. The SMILES string of the molecule is CC(C)(C)OC(=O)CCCCCCC(=O)NCCCOCCOCCOCCCNC(=O)CCC(=O)On1c(O)ccc1O. The van der Waals surface area contributed by atoms with Crippen molar-refractivity contribution in [1.29, 1.82) is 0 Å². The number of aromatic hydroxyl groups is 2. The van der Waals surface area contributed by atoms with E-state index in [2.05, 4.69) is 10.6 Å². The fourth-order valence-corrected chi connectivity index (χ4v) is 3.68. The topological polar surface area (TPSA) is 184 Å². The Morgan fingerprint density at radius 3 is 1.64 bits per heavy atom. The van der Waals surface area contributed by atoms with Crippen LogP contribution in [0.5, 0.6) is 11.8 Å². The number of unbranched alkanes of at least 4 members (excludes halogenated alkanes) is 3. The summed E-state index contributed by atoms with van der Waals surface area (Å²) in [5.41, 5.74) is -0.451. The van der Waals surface area contributed by atoms with E-state index in [0.29, 0.717) is 83.1 Å². The van der Waals surface area contributed by atoms with Gasteiger partial charge in [-0.25, -0.2) is 4.79 Å². The third-order valence-corrected chi connectivity index (χ3v) is 5.82. The van der Waals surface area contributed by atoms with Gasteiger partial charge in [-0.2, -0.15) is 0 Å². The lowest BCUT2D eigenvalue weighted by atomic mass is 10.1. The summed E-state index contributed by atoms with van der Waals surface area (Å²) in [5, 5.41) is 24.4. The van der Waals surface area contributed by atoms with E-state index >= 15 is 0 Å². The van der Waals surface area contributed by atoms with Crippen molar-refractivity contribution in [3.8, 4) is 11.8 Å². The van der Waals surface area contributed by atoms with Crippen molar-refractivity contribution in [3.63, 3.8) is 0 Å². The summed E-state index contributed by atoms with van der Waals surface area (Å²) in [6.45, 7) is 9.19. The van der Waals surface area contributed by atoms with Crippen molar-refractivity contribution >= 4 is 23.8 Å². The summed E-state index contributed by atoms with van der Waals surface area (Å²) >= 11 is 0. The molecule has 2 amide bonds. The molecule has 1 heterocycles. The van der Waals surface area contributed by atoms with Crippen molar-refractivity contribution in [2.45, 2.75) is 90.6 Å². The molecule has 44 heavy (non-hydrogen) atoms. The predicted octanol–water partition coefficient (Wildman–Crippen LogP) is 2.38. The van der Waals surface area contributed by atoms with E-state index in [1.807, 2.05) is 20.8 Å². The lowest BCUT2D eigenvalue weighted by Crippen LogP contribution is -2.27. The Balaban J connectivity index is 1.81. The number of aromatic nitrogens is 1. The minimum absolute atomic E-state index is 0.0268. The minimum atomic E-state index is -0.770. The molecule has 1 rings (SSSR count). The second-order valence-corrected chi connectivity index (χ2v) is 11.1. The number of esters is 1. The third-order valence-electron chi connectivity index (χ3n) is 5.82. The van der Waals surface area contributed by atoms with Crippen LogP contribution in [0.4, 0.5) is 0 Å². The van der Waals surface area contributed by atoms with Crippen LogP contribution in [0.25, 0.3) is 0 Å². The number of nitrogens with one attached hydrogen (secondary N) is 2. The van der Waals surface area contributed by atoms with Gasteiger partial charge in [0.2, 0.25) is 23.6 Å². The first-order valence-electron chi connectivity index (χ1n) is 15.3. The number of carbonyl (C=O) groups excluding carboxylic acids is 4. The van der Waals surface area contributed by atoms with Crippen molar-refractivity contribution in [2.75, 3.05) is 52.7 Å². The zero-order valence-corrected chi connectivity index (χ0v) is 26.4. The molecule has 0 radical (unpaired) electrons. The predicted molar refractivity (Wildman–Crippen MR) is 160 cm³/mol. The van der Waals surface area contributed by atoms with Gasteiger partial charge in [-0.05, 0) is 46.5 Å². The van der Waals surface area contributed by atoms with Crippen molar-refractivity contribution in [2.24, 2.45) is 0 Å². The van der Waals surface area contributed by atoms with Crippen LogP contribution < -0.4 is 15.5 Å². The zero-order chi connectivity index (χ0) is 32.6. The summed E-state index contributed by atoms with van der Waals surface area (Å²) in [5.74, 6) is -2.10. The molecule has 0 spiro atoms. The van der Waals surface area contributed by atoms with Crippen LogP contribution in [-0.4, -0.2) is 97.0 Å². The van der Waals surface area contributed by atoms with Gasteiger partial charge in [-0.15, -0.1) is 4.73 Å². The van der Waals surface area contributed by atoms with Gasteiger partial charge in [0.1, 0.15) is 5.60 Å². The van der Waals surface area contributed by atoms with Crippen molar-refractivity contribution in [1.82, 2.24) is 15.4 Å². The molecule has 0 aromatic carbocycles. The second-order valence-electron chi connectivity index (χ2n) is 11.1. The largest absolute Gasteiger partial charge is 0.492 e. The summed E-state index contributed by atoms with van der Waals surface area (Å²) < 4.78 is 22.2. The Morgan fingerprint density at radius 2 is 1.11 bits per heavy atom. The molecule has 14 nitrogen and oxygen atoms in total. The molecule has 0 aliphatic heterocycles. The molecule has 14 heteroatoms. The molecule has 1 aromatic rings. The average molecular weight is 630 g/mol. The maximum Gasteiger partial charge on any atom is 0.333 e. The highest BCUT2D eigenvalue weighted by Gasteiger charge is 2.16. The first-order chi connectivity index (χ1) is 21.0. The first-order valence-corrected chi connectivity index (χ1v) is 15.3. The molecule has 0 saturated carbocycles. The van der Waals surface area contributed by atoms with Gasteiger partial charge in [-0.1, -0.05) is 12.8 Å². The number of nitrogens with zero attached hydrogens (tertiary/aromatic N) is 1. The Labute approximate surface area is 259 Å². The van der Waals surface area contributed by atoms with E-state index in [1.165, 1.54) is 0 Å². The summed E-state index contributed by atoms with van der Waals surface area (Å²) in [4.78, 5) is 51.9. The van der Waals surface area contributed by atoms with Gasteiger partial charge in [0, 0.05) is 57.7 Å². The molecule has 4 N–H and O–H groups in total. The third kappa shape index (κ3) is 21.3. The standard InChI is InChI=1S/C30H51N3O11/c1-30(2,3)43-28(38)11-7-5-4-6-10-24(34)31-16-8-18-40-20-22-42-23-21-41-19-9-17-32-25(35)12-15-29(39)44-33-26(36)13-14-27(33)37/h13-14,36-37H,4-12,15-23H2,1-3H3,(H,31,34)(H,32,35). The van der Waals surface area contributed by atoms with Crippen molar-refractivity contribution < 1.29 is 53.2 Å². The second kappa shape index (κ2) is 23.1. The number of carbonyl (C=O) groups is 4. The monoisotopic (exact) mass is 629 g/mol. The normalized spacial score (nSPS) is 11.2. The van der Waals surface area contributed by atoms with Crippen LogP contribution >= 0.6 is 0 Å². The summed E-state index contributed by atoms with van der Waals surface area (Å²) in [6.07, 6.45) is 5.28. The van der Waals surface area contributed by atoms with E-state index in [9.17, 15) is 29.4 Å². The maximum atomic E-state index is 11.9. The smallest absolute Gasteiger partial charge is 0.333 e. The highest BCUT2D eigenvalue weighted by molar-refractivity contribution is 5.81. The highest BCUT2D eigenvalue weighted by Crippen LogP contribution is 2.19. The lowest BCUT2D eigenvalue weighted by molar-refractivity contribution is -0.155. The van der Waals surface area contributed by atoms with Gasteiger partial charge in [-0.3, -0.25) is 14.4 Å². The Morgan fingerprint density at radius 1 is 0.636 bits per heavy atom. The molecule has 0 atom stereocenters. The highest BCUT2D eigenvalue weighted by atomic mass is 16.7. The molecular formula is C30H51N3O11. The number of hydrogen-bond donors (Lipinski definition) is 4. The lowest BCUT2D eigenvalue weighted by Gasteiger charge is -2.19. The van der Waals surface area contributed by atoms with Gasteiger partial charge in [0.15, 0.2) is 0 Å². The van der Waals surface area contributed by atoms with E-state index in [1.54, 1.807) is 0 Å². The summed E-state index contributed by atoms with van der Waals surface area (Å²) in [7, 11) is 0. The molecular weight excluding hydrogens is 578 g/mol. The molecule has 0 aliphatic rings. The molecule has 0 bridgehead atoms. The van der Waals surface area contributed by atoms with Gasteiger partial charge in [0.25, 0.3) is 0 Å². The fourth-order valence-electron chi connectivity index (χ4n) is 3.68. The Kier molecular flexibility index (Phi) is 20.3. The first kappa shape index (κ1) is 38.7. The maximum absolute atomic E-state index is 11.9. The molecule has 252 valence electrons. The molecule has 0 unspecified atom stereocenters. The number of hydrogen-bond acceptors (Lipinski definition) is 11. The number of ether oxygens (including phenoxy) is 4. The van der Waals surface area contributed by atoms with Gasteiger partial charge < -0.3 is 44.6 Å². The molecule has 0 saturated heterocycles. The Hall–Kier alpha value is -3.36. The van der Waals surface area contributed by atoms with Crippen LogP contribution in [0.3, 0.4) is 0 Å². The van der Waals surface area contributed by atoms with Crippen LogP contribution in [0, 0.1) is 0 Å². The number of rotatable bonds is 25. The fraction of sp³-hybridized carbons (Fsp3) is 0.733. The minimum Gasteiger partial charge on any atom is -0.492 e. The summed E-state index contributed by atoms with van der Waals surface area (Å²) in [6, 6.07) is 2.33.